The van der Waals surface area contributed by atoms with Crippen molar-refractivity contribution in [3.63, 3.8) is 0 Å². The standard InChI is InChI=1S/C25H21BrO4/c26-21-12-8-20(9-13-21)25(28)24(27)19-6-4-17(5-7-19)18-10-14-22(15-11-18)30-23-3-1-2-16-29-23/h4-15,23H,1-3,16H2. The van der Waals surface area contributed by atoms with E-state index < -0.39 is 11.6 Å². The van der Waals surface area contributed by atoms with Crippen LogP contribution in [0.1, 0.15) is 40.0 Å². The Morgan fingerprint density at radius 1 is 0.767 bits per heavy atom. The summed E-state index contributed by atoms with van der Waals surface area (Å²) in [5.74, 6) is -0.251. The van der Waals surface area contributed by atoms with Crippen molar-refractivity contribution in [1.82, 2.24) is 0 Å². The van der Waals surface area contributed by atoms with Crippen LogP contribution >= 0.6 is 15.9 Å². The van der Waals surface area contributed by atoms with Crippen molar-refractivity contribution in [2.24, 2.45) is 0 Å². The Morgan fingerprint density at radius 2 is 1.30 bits per heavy atom. The van der Waals surface area contributed by atoms with Crippen LogP contribution in [0.3, 0.4) is 0 Å². The van der Waals surface area contributed by atoms with Crippen LogP contribution in [-0.4, -0.2) is 24.5 Å². The van der Waals surface area contributed by atoms with Crippen LogP contribution in [0, 0.1) is 0 Å². The number of rotatable bonds is 6. The number of benzene rings is 3. The first-order valence-electron chi connectivity index (χ1n) is 9.93. The summed E-state index contributed by atoms with van der Waals surface area (Å²) in [4.78, 5) is 24.9. The molecule has 4 rings (SSSR count). The second-order valence-corrected chi connectivity index (χ2v) is 8.10. The Morgan fingerprint density at radius 3 is 1.83 bits per heavy atom. The number of carbonyl (C=O) groups excluding carboxylic acids is 2. The Hall–Kier alpha value is -2.76. The van der Waals surface area contributed by atoms with Gasteiger partial charge in [-0.3, -0.25) is 9.59 Å². The lowest BCUT2D eigenvalue weighted by molar-refractivity contribution is -0.105. The van der Waals surface area contributed by atoms with Crippen molar-refractivity contribution in [1.29, 1.82) is 0 Å². The van der Waals surface area contributed by atoms with Crippen molar-refractivity contribution in [3.05, 3.63) is 88.4 Å². The van der Waals surface area contributed by atoms with Gasteiger partial charge in [-0.2, -0.15) is 0 Å². The van der Waals surface area contributed by atoms with E-state index in [9.17, 15) is 9.59 Å². The smallest absolute Gasteiger partial charge is 0.233 e. The lowest BCUT2D eigenvalue weighted by Crippen LogP contribution is -2.24. The van der Waals surface area contributed by atoms with Gasteiger partial charge >= 0.3 is 0 Å². The Labute approximate surface area is 184 Å². The number of carbonyl (C=O) groups is 2. The van der Waals surface area contributed by atoms with Gasteiger partial charge in [0.05, 0.1) is 6.61 Å². The molecule has 0 radical (unpaired) electrons. The number of ketones is 2. The molecule has 1 unspecified atom stereocenters. The lowest BCUT2D eigenvalue weighted by Gasteiger charge is -2.23. The second kappa shape index (κ2) is 9.37. The summed E-state index contributed by atoms with van der Waals surface area (Å²) >= 11 is 3.33. The van der Waals surface area contributed by atoms with Gasteiger partial charge in [0.1, 0.15) is 5.75 Å². The fourth-order valence-corrected chi connectivity index (χ4v) is 3.62. The normalized spacial score (nSPS) is 16.1. The van der Waals surface area contributed by atoms with Crippen LogP contribution in [0.2, 0.25) is 0 Å². The molecule has 5 heteroatoms. The molecule has 30 heavy (non-hydrogen) atoms. The van der Waals surface area contributed by atoms with Crippen molar-refractivity contribution in [2.45, 2.75) is 25.6 Å². The molecule has 3 aromatic carbocycles. The van der Waals surface area contributed by atoms with E-state index >= 15 is 0 Å². The summed E-state index contributed by atoms with van der Waals surface area (Å²) < 4.78 is 12.3. The predicted molar refractivity (Wildman–Crippen MR) is 119 cm³/mol. The number of halogens is 1. The van der Waals surface area contributed by atoms with Gasteiger partial charge in [0.25, 0.3) is 0 Å². The minimum Gasteiger partial charge on any atom is -0.465 e. The Balaban J connectivity index is 1.43. The maximum absolute atomic E-state index is 12.5. The van der Waals surface area contributed by atoms with E-state index in [0.717, 1.165) is 47.2 Å². The molecule has 152 valence electrons. The van der Waals surface area contributed by atoms with Gasteiger partial charge in [0, 0.05) is 22.0 Å². The second-order valence-electron chi connectivity index (χ2n) is 7.18. The van der Waals surface area contributed by atoms with Crippen LogP contribution in [0.25, 0.3) is 11.1 Å². The summed E-state index contributed by atoms with van der Waals surface area (Å²) in [6, 6.07) is 21.6. The number of hydrogen-bond acceptors (Lipinski definition) is 4. The van der Waals surface area contributed by atoms with Crippen molar-refractivity contribution in [3.8, 4) is 16.9 Å². The first-order valence-corrected chi connectivity index (χ1v) is 10.7. The maximum atomic E-state index is 12.5. The molecule has 0 amide bonds. The molecule has 0 bridgehead atoms. The van der Waals surface area contributed by atoms with Crippen molar-refractivity contribution in [2.75, 3.05) is 6.61 Å². The molecule has 1 fully saturated rings. The topological polar surface area (TPSA) is 52.6 Å². The highest BCUT2D eigenvalue weighted by molar-refractivity contribution is 9.10. The maximum Gasteiger partial charge on any atom is 0.233 e. The van der Waals surface area contributed by atoms with E-state index in [-0.39, 0.29) is 6.29 Å². The molecule has 1 aliphatic heterocycles. The molecular weight excluding hydrogens is 444 g/mol. The third-order valence-corrected chi connectivity index (χ3v) is 5.58. The SMILES string of the molecule is O=C(C(=O)c1ccc(-c2ccc(OC3CCCCO3)cc2)cc1)c1ccc(Br)cc1. The summed E-state index contributed by atoms with van der Waals surface area (Å²) in [5, 5.41) is 0. The van der Waals surface area contributed by atoms with E-state index in [0.29, 0.717) is 11.1 Å². The molecule has 1 aliphatic rings. The summed E-state index contributed by atoms with van der Waals surface area (Å²) in [6.45, 7) is 0.748. The molecule has 0 N–H and O–H groups in total. The van der Waals surface area contributed by atoms with E-state index in [1.165, 1.54) is 0 Å². The summed E-state index contributed by atoms with van der Waals surface area (Å²) in [7, 11) is 0. The zero-order valence-electron chi connectivity index (χ0n) is 16.3. The largest absolute Gasteiger partial charge is 0.465 e. The molecule has 0 saturated carbocycles. The molecule has 0 spiro atoms. The summed E-state index contributed by atoms with van der Waals surface area (Å²) in [6.07, 6.45) is 2.96. The fraction of sp³-hybridized carbons (Fsp3) is 0.200. The van der Waals surface area contributed by atoms with E-state index in [1.54, 1.807) is 36.4 Å². The molecule has 3 aromatic rings. The third-order valence-electron chi connectivity index (χ3n) is 5.05. The minimum absolute atomic E-state index is 0.168. The van der Waals surface area contributed by atoms with Crippen molar-refractivity contribution < 1.29 is 19.1 Å². The Kier molecular flexibility index (Phi) is 6.41. The van der Waals surface area contributed by atoms with Crippen molar-refractivity contribution >= 4 is 27.5 Å². The first kappa shape index (κ1) is 20.5. The highest BCUT2D eigenvalue weighted by Crippen LogP contribution is 2.25. The van der Waals surface area contributed by atoms with Crippen LogP contribution in [0.15, 0.2) is 77.3 Å². The van der Waals surface area contributed by atoms with Crippen LogP contribution in [0.5, 0.6) is 5.75 Å². The molecule has 1 heterocycles. The minimum atomic E-state index is -0.514. The number of ether oxygens (including phenoxy) is 2. The number of hydrogen-bond donors (Lipinski definition) is 0. The fourth-order valence-electron chi connectivity index (χ4n) is 3.36. The van der Waals surface area contributed by atoms with Gasteiger partial charge in [0.15, 0.2) is 6.29 Å². The highest BCUT2D eigenvalue weighted by atomic mass is 79.9. The van der Waals surface area contributed by atoms with E-state index in [4.69, 9.17) is 9.47 Å². The van der Waals surface area contributed by atoms with Crippen LogP contribution in [0.4, 0.5) is 0 Å². The molecule has 1 atom stereocenters. The quantitative estimate of drug-likeness (QED) is 0.327. The predicted octanol–water partition coefficient (Wildman–Crippen LogP) is 6.09. The molecule has 0 aromatic heterocycles. The molecule has 1 saturated heterocycles. The van der Waals surface area contributed by atoms with Crippen LogP contribution < -0.4 is 4.74 Å². The van der Waals surface area contributed by atoms with Gasteiger partial charge < -0.3 is 9.47 Å². The van der Waals surface area contributed by atoms with Crippen LogP contribution in [-0.2, 0) is 4.74 Å². The monoisotopic (exact) mass is 464 g/mol. The molecular formula is C25H21BrO4. The zero-order valence-corrected chi connectivity index (χ0v) is 17.9. The van der Waals surface area contributed by atoms with Gasteiger partial charge in [-0.25, -0.2) is 0 Å². The first-order chi connectivity index (χ1) is 14.6. The average molecular weight is 465 g/mol. The molecule has 0 aliphatic carbocycles. The highest BCUT2D eigenvalue weighted by Gasteiger charge is 2.18. The third kappa shape index (κ3) is 4.86. The average Bonchev–Trinajstić information content (AvgIpc) is 2.80. The summed E-state index contributed by atoms with van der Waals surface area (Å²) in [5.41, 5.74) is 2.72. The zero-order chi connectivity index (χ0) is 20.9. The molecule has 4 nitrogen and oxygen atoms in total. The Bertz CT molecular complexity index is 1020. The van der Waals surface area contributed by atoms with Gasteiger partial charge in [-0.1, -0.05) is 52.3 Å². The van der Waals surface area contributed by atoms with E-state index in [1.807, 2.05) is 36.4 Å². The van der Waals surface area contributed by atoms with Gasteiger partial charge in [-0.05, 0) is 60.4 Å². The number of Topliss-reactive ketones (excluding diaryl/α,β-unsaturated/α-hetero) is 2. The lowest BCUT2D eigenvalue weighted by atomic mass is 9.98. The van der Waals surface area contributed by atoms with E-state index in [2.05, 4.69) is 15.9 Å². The van der Waals surface area contributed by atoms with Gasteiger partial charge in [-0.15, -0.1) is 0 Å². The van der Waals surface area contributed by atoms with Gasteiger partial charge in [0.2, 0.25) is 11.6 Å².